The molecule has 3 heteroatoms. The standard InChI is InChI=1S/C11H13NO2/c12-10-4-3-7-5-9(11(13)14)2-1-8(7)6-10/h1-2,5,10H,3-4,6,12H2,(H,13,14)/t10-/m0/s1. The number of nitrogens with two attached hydrogens (primary N) is 1. The number of hydrogen-bond donors (Lipinski definition) is 2. The zero-order valence-corrected chi connectivity index (χ0v) is 7.86. The first kappa shape index (κ1) is 9.21. The Hall–Kier alpha value is -1.35. The number of benzene rings is 1. The van der Waals surface area contributed by atoms with Crippen molar-refractivity contribution in [2.75, 3.05) is 0 Å². The second-order valence-electron chi connectivity index (χ2n) is 3.79. The summed E-state index contributed by atoms with van der Waals surface area (Å²) in [5, 5.41) is 8.81. The van der Waals surface area contributed by atoms with Crippen LogP contribution in [-0.4, -0.2) is 17.1 Å². The van der Waals surface area contributed by atoms with Crippen LogP contribution >= 0.6 is 0 Å². The highest BCUT2D eigenvalue weighted by Gasteiger charge is 2.16. The number of aryl methyl sites for hydroxylation is 1. The molecule has 0 amide bonds. The highest BCUT2D eigenvalue weighted by Crippen LogP contribution is 2.21. The summed E-state index contributed by atoms with van der Waals surface area (Å²) in [6.07, 6.45) is 2.73. The van der Waals surface area contributed by atoms with Gasteiger partial charge in [0, 0.05) is 6.04 Å². The monoisotopic (exact) mass is 191 g/mol. The van der Waals surface area contributed by atoms with Crippen LogP contribution in [0.3, 0.4) is 0 Å². The van der Waals surface area contributed by atoms with E-state index in [1.165, 1.54) is 5.56 Å². The highest BCUT2D eigenvalue weighted by atomic mass is 16.4. The van der Waals surface area contributed by atoms with E-state index in [2.05, 4.69) is 0 Å². The van der Waals surface area contributed by atoms with Crippen LogP contribution in [-0.2, 0) is 12.8 Å². The lowest BCUT2D eigenvalue weighted by Crippen LogP contribution is -2.27. The Morgan fingerprint density at radius 3 is 2.93 bits per heavy atom. The second-order valence-corrected chi connectivity index (χ2v) is 3.79. The Morgan fingerprint density at radius 1 is 1.43 bits per heavy atom. The Morgan fingerprint density at radius 2 is 2.21 bits per heavy atom. The lowest BCUT2D eigenvalue weighted by atomic mass is 9.88. The summed E-state index contributed by atoms with van der Waals surface area (Å²) in [4.78, 5) is 10.7. The molecule has 74 valence electrons. The number of carboxylic acids is 1. The SMILES string of the molecule is N[C@H]1CCc2cc(C(=O)O)ccc2C1. The minimum atomic E-state index is -0.859. The van der Waals surface area contributed by atoms with Crippen LogP contribution in [0.1, 0.15) is 27.9 Å². The summed E-state index contributed by atoms with van der Waals surface area (Å²) >= 11 is 0. The van der Waals surface area contributed by atoms with E-state index in [1.54, 1.807) is 12.1 Å². The summed E-state index contributed by atoms with van der Waals surface area (Å²) in [7, 11) is 0. The van der Waals surface area contributed by atoms with Gasteiger partial charge in [0.05, 0.1) is 5.56 Å². The van der Waals surface area contributed by atoms with Crippen molar-refractivity contribution in [2.45, 2.75) is 25.3 Å². The Labute approximate surface area is 82.5 Å². The van der Waals surface area contributed by atoms with Crippen molar-refractivity contribution < 1.29 is 9.90 Å². The van der Waals surface area contributed by atoms with Gasteiger partial charge < -0.3 is 10.8 Å². The first-order valence-corrected chi connectivity index (χ1v) is 4.77. The third kappa shape index (κ3) is 1.63. The average Bonchev–Trinajstić information content (AvgIpc) is 2.16. The molecule has 0 spiro atoms. The van der Waals surface area contributed by atoms with E-state index in [4.69, 9.17) is 10.8 Å². The molecule has 3 nitrogen and oxygen atoms in total. The minimum absolute atomic E-state index is 0.234. The van der Waals surface area contributed by atoms with Gasteiger partial charge >= 0.3 is 5.97 Å². The van der Waals surface area contributed by atoms with E-state index in [1.807, 2.05) is 6.07 Å². The minimum Gasteiger partial charge on any atom is -0.478 e. The molecule has 0 saturated carbocycles. The molecule has 0 aromatic heterocycles. The van der Waals surface area contributed by atoms with Crippen LogP contribution in [0.5, 0.6) is 0 Å². The molecule has 0 bridgehead atoms. The molecule has 1 atom stereocenters. The Balaban J connectivity index is 2.36. The Bertz CT molecular complexity index is 374. The van der Waals surface area contributed by atoms with Crippen LogP contribution in [0.4, 0.5) is 0 Å². The normalized spacial score (nSPS) is 20.2. The zero-order valence-electron chi connectivity index (χ0n) is 7.86. The predicted octanol–water partition coefficient (Wildman–Crippen LogP) is 1.20. The van der Waals surface area contributed by atoms with Gasteiger partial charge in [0.1, 0.15) is 0 Å². The predicted molar refractivity (Wildman–Crippen MR) is 53.4 cm³/mol. The van der Waals surface area contributed by atoms with Crippen molar-refractivity contribution in [3.05, 3.63) is 34.9 Å². The third-order valence-corrected chi connectivity index (χ3v) is 2.72. The van der Waals surface area contributed by atoms with E-state index >= 15 is 0 Å². The van der Waals surface area contributed by atoms with E-state index in [0.29, 0.717) is 5.56 Å². The van der Waals surface area contributed by atoms with E-state index in [0.717, 1.165) is 24.8 Å². The van der Waals surface area contributed by atoms with Gasteiger partial charge in [0.25, 0.3) is 0 Å². The van der Waals surface area contributed by atoms with E-state index in [9.17, 15) is 4.79 Å². The van der Waals surface area contributed by atoms with Gasteiger partial charge in [-0.25, -0.2) is 4.79 Å². The fraction of sp³-hybridized carbons (Fsp3) is 0.364. The van der Waals surface area contributed by atoms with Gasteiger partial charge in [-0.2, -0.15) is 0 Å². The van der Waals surface area contributed by atoms with E-state index in [-0.39, 0.29) is 6.04 Å². The fourth-order valence-corrected chi connectivity index (χ4v) is 1.92. The lowest BCUT2D eigenvalue weighted by molar-refractivity contribution is 0.0696. The summed E-state index contributed by atoms with van der Waals surface area (Å²) in [6.45, 7) is 0. The van der Waals surface area contributed by atoms with Crippen molar-refractivity contribution >= 4 is 5.97 Å². The molecular weight excluding hydrogens is 178 g/mol. The Kier molecular flexibility index (Phi) is 2.25. The van der Waals surface area contributed by atoms with Crippen molar-refractivity contribution in [1.29, 1.82) is 0 Å². The lowest BCUT2D eigenvalue weighted by Gasteiger charge is -2.21. The zero-order chi connectivity index (χ0) is 10.1. The first-order chi connectivity index (χ1) is 6.66. The number of carbonyl (C=O) groups is 1. The number of hydrogen-bond acceptors (Lipinski definition) is 2. The topological polar surface area (TPSA) is 63.3 Å². The smallest absolute Gasteiger partial charge is 0.335 e. The number of carboxylic acid groups (broad SMARTS) is 1. The molecule has 0 saturated heterocycles. The molecule has 1 aromatic rings. The summed E-state index contributed by atoms with van der Waals surface area (Å²) < 4.78 is 0. The molecule has 0 unspecified atom stereocenters. The molecule has 2 rings (SSSR count). The molecule has 3 N–H and O–H groups in total. The number of rotatable bonds is 1. The molecule has 1 aliphatic rings. The molecule has 1 aromatic carbocycles. The van der Waals surface area contributed by atoms with Gasteiger partial charge in [0.15, 0.2) is 0 Å². The van der Waals surface area contributed by atoms with Crippen LogP contribution in [0, 0.1) is 0 Å². The first-order valence-electron chi connectivity index (χ1n) is 4.77. The summed E-state index contributed by atoms with van der Waals surface area (Å²) in [5.74, 6) is -0.859. The van der Waals surface area contributed by atoms with Gasteiger partial charge in [-0.3, -0.25) is 0 Å². The largest absolute Gasteiger partial charge is 0.478 e. The van der Waals surface area contributed by atoms with Gasteiger partial charge in [-0.15, -0.1) is 0 Å². The van der Waals surface area contributed by atoms with Crippen LogP contribution in [0.2, 0.25) is 0 Å². The third-order valence-electron chi connectivity index (χ3n) is 2.72. The van der Waals surface area contributed by atoms with Crippen LogP contribution < -0.4 is 5.73 Å². The van der Waals surface area contributed by atoms with Gasteiger partial charge in [-0.1, -0.05) is 6.07 Å². The molecule has 1 aliphatic carbocycles. The van der Waals surface area contributed by atoms with Gasteiger partial charge in [0.2, 0.25) is 0 Å². The van der Waals surface area contributed by atoms with Crippen molar-refractivity contribution in [3.8, 4) is 0 Å². The molecular formula is C11H13NO2. The van der Waals surface area contributed by atoms with Crippen LogP contribution in [0.25, 0.3) is 0 Å². The maximum atomic E-state index is 10.7. The maximum Gasteiger partial charge on any atom is 0.335 e. The highest BCUT2D eigenvalue weighted by molar-refractivity contribution is 5.87. The quantitative estimate of drug-likeness (QED) is 0.701. The van der Waals surface area contributed by atoms with E-state index < -0.39 is 5.97 Å². The fourth-order valence-electron chi connectivity index (χ4n) is 1.92. The molecule has 0 heterocycles. The summed E-state index contributed by atoms with van der Waals surface area (Å²) in [5.41, 5.74) is 8.55. The van der Waals surface area contributed by atoms with Crippen molar-refractivity contribution in [1.82, 2.24) is 0 Å². The molecule has 0 fully saturated rings. The number of fused-ring (bicyclic) bond motifs is 1. The number of aromatic carboxylic acids is 1. The second kappa shape index (κ2) is 3.42. The average molecular weight is 191 g/mol. The molecule has 0 aliphatic heterocycles. The summed E-state index contributed by atoms with van der Waals surface area (Å²) in [6, 6.07) is 5.54. The van der Waals surface area contributed by atoms with Crippen molar-refractivity contribution in [2.24, 2.45) is 5.73 Å². The van der Waals surface area contributed by atoms with Crippen LogP contribution in [0.15, 0.2) is 18.2 Å². The maximum absolute atomic E-state index is 10.7. The van der Waals surface area contributed by atoms with Gasteiger partial charge in [-0.05, 0) is 42.5 Å². The molecule has 14 heavy (non-hydrogen) atoms. The molecule has 0 radical (unpaired) electrons. The van der Waals surface area contributed by atoms with Crippen molar-refractivity contribution in [3.63, 3.8) is 0 Å².